The molecule has 0 unspecified atom stereocenters. The monoisotopic (exact) mass is 311 g/mol. The highest BCUT2D eigenvalue weighted by Crippen LogP contribution is 2.29. The number of ether oxygens (including phenoxy) is 1. The first kappa shape index (κ1) is 15.0. The number of halogens is 2. The van der Waals surface area contributed by atoms with Crippen LogP contribution in [-0.4, -0.2) is 23.6 Å². The fourth-order valence-corrected chi connectivity index (χ4v) is 2.15. The van der Waals surface area contributed by atoms with Gasteiger partial charge in [-0.25, -0.2) is 9.97 Å². The molecule has 106 valence electrons. The second kappa shape index (κ2) is 6.88. The van der Waals surface area contributed by atoms with Crippen LogP contribution >= 0.6 is 23.2 Å². The van der Waals surface area contributed by atoms with Gasteiger partial charge in [-0.1, -0.05) is 23.2 Å². The van der Waals surface area contributed by atoms with Crippen molar-refractivity contribution in [2.45, 2.75) is 13.5 Å². The molecule has 1 aromatic carbocycles. The van der Waals surface area contributed by atoms with Crippen LogP contribution in [0.1, 0.15) is 12.6 Å². The number of hydrogen-bond donors (Lipinski definition) is 1. The molecule has 0 atom stereocenters. The summed E-state index contributed by atoms with van der Waals surface area (Å²) in [5.41, 5.74) is 1.49. The molecule has 0 radical (unpaired) electrons. The predicted octanol–water partition coefficient (Wildman–Crippen LogP) is 4.03. The molecule has 2 aromatic rings. The van der Waals surface area contributed by atoms with Crippen LogP contribution in [-0.2, 0) is 11.3 Å². The summed E-state index contributed by atoms with van der Waals surface area (Å²) in [6, 6.07) is 7.08. The van der Waals surface area contributed by atoms with Crippen molar-refractivity contribution in [3.8, 4) is 11.4 Å². The molecule has 0 spiro atoms. The predicted molar refractivity (Wildman–Crippen MR) is 82.4 cm³/mol. The van der Waals surface area contributed by atoms with Crippen molar-refractivity contribution in [2.75, 3.05) is 19.0 Å². The van der Waals surface area contributed by atoms with E-state index in [1.807, 2.05) is 13.0 Å². The van der Waals surface area contributed by atoms with Crippen molar-refractivity contribution in [3.63, 3.8) is 0 Å². The summed E-state index contributed by atoms with van der Waals surface area (Å²) in [6.45, 7) is 3.18. The van der Waals surface area contributed by atoms with Gasteiger partial charge in [0.2, 0.25) is 0 Å². The molecule has 0 saturated heterocycles. The summed E-state index contributed by atoms with van der Waals surface area (Å²) >= 11 is 12.2. The minimum absolute atomic E-state index is 0.409. The van der Waals surface area contributed by atoms with E-state index in [4.69, 9.17) is 27.9 Å². The van der Waals surface area contributed by atoms with E-state index in [1.54, 1.807) is 25.3 Å². The molecule has 1 N–H and O–H groups in total. The van der Waals surface area contributed by atoms with Gasteiger partial charge in [0.1, 0.15) is 5.82 Å². The zero-order valence-corrected chi connectivity index (χ0v) is 12.8. The molecule has 6 heteroatoms. The van der Waals surface area contributed by atoms with Gasteiger partial charge in [-0.3, -0.25) is 0 Å². The number of nitrogens with one attached hydrogen (secondary N) is 1. The SMILES string of the molecule is CCNc1cc(COC)nc(-c2cc(Cl)ccc2Cl)n1. The van der Waals surface area contributed by atoms with Crippen LogP contribution < -0.4 is 5.32 Å². The summed E-state index contributed by atoms with van der Waals surface area (Å²) in [4.78, 5) is 8.92. The smallest absolute Gasteiger partial charge is 0.163 e. The zero-order chi connectivity index (χ0) is 14.5. The molecule has 2 rings (SSSR count). The van der Waals surface area contributed by atoms with Gasteiger partial charge in [0, 0.05) is 30.3 Å². The van der Waals surface area contributed by atoms with Crippen LogP contribution in [0.5, 0.6) is 0 Å². The van der Waals surface area contributed by atoms with E-state index < -0.39 is 0 Å². The second-order valence-corrected chi connectivity index (χ2v) is 5.00. The lowest BCUT2D eigenvalue weighted by molar-refractivity contribution is 0.181. The first-order valence-electron chi connectivity index (χ1n) is 6.20. The normalized spacial score (nSPS) is 10.6. The highest BCUT2D eigenvalue weighted by molar-refractivity contribution is 6.35. The molecular formula is C14H15Cl2N3O. The van der Waals surface area contributed by atoms with Crippen LogP contribution in [0.25, 0.3) is 11.4 Å². The average Bonchev–Trinajstić information content (AvgIpc) is 2.42. The standard InChI is InChI=1S/C14H15Cl2N3O/c1-3-17-13-7-10(8-20-2)18-14(19-13)11-6-9(15)4-5-12(11)16/h4-7H,3,8H2,1-2H3,(H,17,18,19). The molecule has 0 saturated carbocycles. The third kappa shape index (κ3) is 3.60. The molecule has 0 aliphatic carbocycles. The number of hydrogen-bond acceptors (Lipinski definition) is 4. The van der Waals surface area contributed by atoms with Gasteiger partial charge in [-0.2, -0.15) is 0 Å². The molecule has 0 aliphatic rings. The van der Waals surface area contributed by atoms with Crippen molar-refractivity contribution < 1.29 is 4.74 Å². The second-order valence-electron chi connectivity index (χ2n) is 4.16. The Labute approximate surface area is 128 Å². The maximum Gasteiger partial charge on any atom is 0.163 e. The van der Waals surface area contributed by atoms with E-state index in [9.17, 15) is 0 Å². The Bertz CT molecular complexity index is 581. The van der Waals surface area contributed by atoms with Crippen molar-refractivity contribution in [2.24, 2.45) is 0 Å². The molecule has 0 bridgehead atoms. The maximum absolute atomic E-state index is 6.20. The Morgan fingerprint density at radius 3 is 2.70 bits per heavy atom. The molecule has 1 aromatic heterocycles. The summed E-state index contributed by atoms with van der Waals surface area (Å²) in [6.07, 6.45) is 0. The Balaban J connectivity index is 2.51. The number of benzene rings is 1. The quantitative estimate of drug-likeness (QED) is 0.905. The molecule has 20 heavy (non-hydrogen) atoms. The van der Waals surface area contributed by atoms with Crippen molar-refractivity contribution in [1.29, 1.82) is 0 Å². The number of methoxy groups -OCH3 is 1. The van der Waals surface area contributed by atoms with Crippen molar-refractivity contribution in [3.05, 3.63) is 40.0 Å². The Kier molecular flexibility index (Phi) is 5.17. The third-order valence-electron chi connectivity index (χ3n) is 2.60. The third-order valence-corrected chi connectivity index (χ3v) is 3.16. The summed E-state index contributed by atoms with van der Waals surface area (Å²) < 4.78 is 5.13. The Morgan fingerprint density at radius 2 is 2.00 bits per heavy atom. The average molecular weight is 312 g/mol. The number of aromatic nitrogens is 2. The zero-order valence-electron chi connectivity index (χ0n) is 11.3. The van der Waals surface area contributed by atoms with Crippen LogP contribution in [0.4, 0.5) is 5.82 Å². The van der Waals surface area contributed by atoms with Gasteiger partial charge in [-0.05, 0) is 25.1 Å². The van der Waals surface area contributed by atoms with E-state index in [1.165, 1.54) is 0 Å². The van der Waals surface area contributed by atoms with Gasteiger partial charge in [0.05, 0.1) is 17.3 Å². The van der Waals surface area contributed by atoms with Crippen molar-refractivity contribution >= 4 is 29.0 Å². The van der Waals surface area contributed by atoms with E-state index >= 15 is 0 Å². The molecule has 0 amide bonds. The van der Waals surface area contributed by atoms with E-state index in [-0.39, 0.29) is 0 Å². The first-order chi connectivity index (χ1) is 9.63. The van der Waals surface area contributed by atoms with E-state index in [2.05, 4.69) is 15.3 Å². The molecule has 0 fully saturated rings. The summed E-state index contributed by atoms with van der Waals surface area (Å²) in [7, 11) is 1.63. The van der Waals surface area contributed by atoms with Gasteiger partial charge in [0.25, 0.3) is 0 Å². The van der Waals surface area contributed by atoms with Crippen LogP contribution in [0, 0.1) is 0 Å². The highest BCUT2D eigenvalue weighted by Gasteiger charge is 2.11. The van der Waals surface area contributed by atoms with Crippen LogP contribution in [0.15, 0.2) is 24.3 Å². The minimum Gasteiger partial charge on any atom is -0.378 e. The number of nitrogens with zero attached hydrogens (tertiary/aromatic N) is 2. The fraction of sp³-hybridized carbons (Fsp3) is 0.286. The minimum atomic E-state index is 0.409. The lowest BCUT2D eigenvalue weighted by Crippen LogP contribution is -2.05. The van der Waals surface area contributed by atoms with Crippen LogP contribution in [0.3, 0.4) is 0 Å². The first-order valence-corrected chi connectivity index (χ1v) is 6.95. The van der Waals surface area contributed by atoms with Crippen molar-refractivity contribution in [1.82, 2.24) is 9.97 Å². The van der Waals surface area contributed by atoms with Gasteiger partial charge in [0.15, 0.2) is 5.82 Å². The molecule has 1 heterocycles. The van der Waals surface area contributed by atoms with Gasteiger partial charge in [-0.15, -0.1) is 0 Å². The number of anilines is 1. The van der Waals surface area contributed by atoms with E-state index in [0.29, 0.717) is 28.0 Å². The van der Waals surface area contributed by atoms with Crippen LogP contribution in [0.2, 0.25) is 10.0 Å². The lowest BCUT2D eigenvalue weighted by Gasteiger charge is -2.10. The topological polar surface area (TPSA) is 47.0 Å². The highest BCUT2D eigenvalue weighted by atomic mass is 35.5. The lowest BCUT2D eigenvalue weighted by atomic mass is 10.2. The Hall–Kier alpha value is -1.36. The summed E-state index contributed by atoms with van der Waals surface area (Å²) in [5.74, 6) is 1.27. The summed E-state index contributed by atoms with van der Waals surface area (Å²) in [5, 5.41) is 4.32. The number of rotatable bonds is 5. The fourth-order valence-electron chi connectivity index (χ4n) is 1.78. The molecule has 4 nitrogen and oxygen atoms in total. The van der Waals surface area contributed by atoms with Gasteiger partial charge >= 0.3 is 0 Å². The Morgan fingerprint density at radius 1 is 1.20 bits per heavy atom. The largest absolute Gasteiger partial charge is 0.378 e. The molecular weight excluding hydrogens is 297 g/mol. The molecule has 0 aliphatic heterocycles. The van der Waals surface area contributed by atoms with Gasteiger partial charge < -0.3 is 10.1 Å². The maximum atomic E-state index is 6.20. The van der Waals surface area contributed by atoms with E-state index in [0.717, 1.165) is 18.1 Å².